The Kier molecular flexibility index (Phi) is 3.57. The maximum Gasteiger partial charge on any atom is 0.122 e. The fraction of sp³-hybridized carbons (Fsp3) is 0.769. The molecule has 1 aromatic rings. The maximum absolute atomic E-state index is 10.2. The highest BCUT2D eigenvalue weighted by Gasteiger charge is 2.34. The average Bonchev–Trinajstić information content (AvgIpc) is 2.61. The standard InChI is InChI=1S/C13H21NO2S/c1-5-10(16-4)12-14-8-6-13(2,3)7-9(15)11(8)17-12/h9-10,15H,5-7H2,1-4H3. The molecule has 0 aliphatic heterocycles. The first-order chi connectivity index (χ1) is 7.96. The van der Waals surface area contributed by atoms with E-state index in [1.807, 2.05) is 0 Å². The molecule has 1 aromatic heterocycles. The molecule has 1 N–H and O–H groups in total. The summed E-state index contributed by atoms with van der Waals surface area (Å²) in [6.07, 6.45) is 2.42. The van der Waals surface area contributed by atoms with Crippen molar-refractivity contribution in [2.75, 3.05) is 7.11 Å². The Morgan fingerprint density at radius 1 is 1.59 bits per heavy atom. The van der Waals surface area contributed by atoms with Gasteiger partial charge in [0.05, 0.1) is 16.7 Å². The lowest BCUT2D eigenvalue weighted by atomic mass is 9.77. The van der Waals surface area contributed by atoms with Gasteiger partial charge in [-0.3, -0.25) is 0 Å². The topological polar surface area (TPSA) is 42.4 Å². The van der Waals surface area contributed by atoms with Crippen LogP contribution in [0.15, 0.2) is 0 Å². The Labute approximate surface area is 107 Å². The van der Waals surface area contributed by atoms with Crippen LogP contribution in [0.25, 0.3) is 0 Å². The van der Waals surface area contributed by atoms with Gasteiger partial charge < -0.3 is 9.84 Å². The summed E-state index contributed by atoms with van der Waals surface area (Å²) in [6, 6.07) is 0. The van der Waals surface area contributed by atoms with Crippen LogP contribution in [0.3, 0.4) is 0 Å². The second kappa shape index (κ2) is 4.67. The van der Waals surface area contributed by atoms with Gasteiger partial charge in [-0.25, -0.2) is 4.98 Å². The summed E-state index contributed by atoms with van der Waals surface area (Å²) in [6.45, 7) is 6.46. The van der Waals surface area contributed by atoms with Crippen molar-refractivity contribution in [1.29, 1.82) is 0 Å². The van der Waals surface area contributed by atoms with Gasteiger partial charge in [-0.05, 0) is 24.7 Å². The SMILES string of the molecule is CCC(OC)c1nc2c(s1)C(O)CC(C)(C)C2. The number of hydrogen-bond donors (Lipinski definition) is 1. The Morgan fingerprint density at radius 2 is 2.29 bits per heavy atom. The monoisotopic (exact) mass is 255 g/mol. The smallest absolute Gasteiger partial charge is 0.122 e. The number of aliphatic hydroxyl groups excluding tert-OH is 1. The van der Waals surface area contributed by atoms with E-state index in [2.05, 4.69) is 25.8 Å². The van der Waals surface area contributed by atoms with E-state index in [-0.39, 0.29) is 17.6 Å². The minimum absolute atomic E-state index is 0.0703. The van der Waals surface area contributed by atoms with Crippen molar-refractivity contribution in [2.24, 2.45) is 5.41 Å². The molecule has 0 radical (unpaired) electrons. The molecule has 2 atom stereocenters. The summed E-state index contributed by atoms with van der Waals surface area (Å²) in [5, 5.41) is 11.2. The summed E-state index contributed by atoms with van der Waals surface area (Å²) in [4.78, 5) is 5.72. The lowest BCUT2D eigenvalue weighted by molar-refractivity contribution is 0.0978. The van der Waals surface area contributed by atoms with Gasteiger partial charge >= 0.3 is 0 Å². The van der Waals surface area contributed by atoms with Crippen LogP contribution in [0.5, 0.6) is 0 Å². The van der Waals surface area contributed by atoms with Crippen LogP contribution in [-0.4, -0.2) is 17.2 Å². The third kappa shape index (κ3) is 2.54. The molecule has 0 saturated carbocycles. The first-order valence-corrected chi connectivity index (χ1v) is 6.99. The van der Waals surface area contributed by atoms with Crippen molar-refractivity contribution in [2.45, 2.75) is 52.2 Å². The predicted octanol–water partition coefficient (Wildman–Crippen LogP) is 3.25. The van der Waals surface area contributed by atoms with E-state index in [4.69, 9.17) is 4.74 Å². The number of ether oxygens (including phenoxy) is 1. The maximum atomic E-state index is 10.2. The third-order valence-corrected chi connectivity index (χ3v) is 4.66. The van der Waals surface area contributed by atoms with Gasteiger partial charge in [0.1, 0.15) is 11.1 Å². The second-order valence-corrected chi connectivity index (χ2v) is 6.62. The highest BCUT2D eigenvalue weighted by atomic mass is 32.1. The molecule has 3 nitrogen and oxygen atoms in total. The van der Waals surface area contributed by atoms with Crippen LogP contribution in [0.2, 0.25) is 0 Å². The average molecular weight is 255 g/mol. The Balaban J connectivity index is 2.32. The molecule has 4 heteroatoms. The molecule has 1 heterocycles. The molecule has 0 amide bonds. The van der Waals surface area contributed by atoms with E-state index < -0.39 is 0 Å². The molecule has 0 spiro atoms. The van der Waals surface area contributed by atoms with Crippen LogP contribution in [0.1, 0.15) is 61.4 Å². The number of methoxy groups -OCH3 is 1. The molecule has 0 saturated heterocycles. The van der Waals surface area contributed by atoms with Gasteiger partial charge in [0.2, 0.25) is 0 Å². The van der Waals surface area contributed by atoms with E-state index in [0.717, 1.165) is 34.8 Å². The van der Waals surface area contributed by atoms with Crippen molar-refractivity contribution in [3.05, 3.63) is 15.6 Å². The van der Waals surface area contributed by atoms with Crippen molar-refractivity contribution in [1.82, 2.24) is 4.98 Å². The molecule has 1 aliphatic carbocycles. The molecule has 17 heavy (non-hydrogen) atoms. The molecule has 2 unspecified atom stereocenters. The first-order valence-electron chi connectivity index (χ1n) is 6.17. The summed E-state index contributed by atoms with van der Waals surface area (Å²) >= 11 is 1.62. The van der Waals surface area contributed by atoms with E-state index >= 15 is 0 Å². The molecular weight excluding hydrogens is 234 g/mol. The molecule has 96 valence electrons. The van der Waals surface area contributed by atoms with Crippen LogP contribution < -0.4 is 0 Å². The minimum atomic E-state index is -0.352. The number of aromatic nitrogens is 1. The number of fused-ring (bicyclic) bond motifs is 1. The van der Waals surface area contributed by atoms with Crippen LogP contribution in [-0.2, 0) is 11.2 Å². The zero-order chi connectivity index (χ0) is 12.6. The molecular formula is C13H21NO2S. The lowest BCUT2D eigenvalue weighted by Crippen LogP contribution is -2.24. The Bertz CT molecular complexity index is 396. The van der Waals surface area contributed by atoms with Crippen LogP contribution in [0, 0.1) is 5.41 Å². The molecule has 0 bridgehead atoms. The Hall–Kier alpha value is -0.450. The quantitative estimate of drug-likeness (QED) is 0.901. The lowest BCUT2D eigenvalue weighted by Gasteiger charge is -2.31. The zero-order valence-electron chi connectivity index (χ0n) is 11.0. The predicted molar refractivity (Wildman–Crippen MR) is 69.2 cm³/mol. The van der Waals surface area contributed by atoms with Crippen molar-refractivity contribution >= 4 is 11.3 Å². The summed E-state index contributed by atoms with van der Waals surface area (Å²) in [7, 11) is 1.72. The van der Waals surface area contributed by atoms with E-state index in [9.17, 15) is 5.11 Å². The highest BCUT2D eigenvalue weighted by molar-refractivity contribution is 7.11. The first kappa shape index (κ1) is 13.0. The summed E-state index contributed by atoms with van der Waals surface area (Å²) in [5.74, 6) is 0. The molecule has 0 fully saturated rings. The number of thiazole rings is 1. The van der Waals surface area contributed by atoms with Gasteiger partial charge in [-0.1, -0.05) is 20.8 Å². The number of rotatable bonds is 3. The number of aliphatic hydroxyl groups is 1. The van der Waals surface area contributed by atoms with Crippen molar-refractivity contribution in [3.63, 3.8) is 0 Å². The van der Waals surface area contributed by atoms with E-state index in [1.54, 1.807) is 18.4 Å². The Morgan fingerprint density at radius 3 is 2.88 bits per heavy atom. The summed E-state index contributed by atoms with van der Waals surface area (Å²) in [5.41, 5.74) is 1.22. The fourth-order valence-electron chi connectivity index (χ4n) is 2.49. The van der Waals surface area contributed by atoms with Crippen LogP contribution >= 0.6 is 11.3 Å². The molecule has 1 aliphatic rings. The summed E-state index contributed by atoms with van der Waals surface area (Å²) < 4.78 is 5.42. The van der Waals surface area contributed by atoms with Gasteiger partial charge in [-0.2, -0.15) is 0 Å². The third-order valence-electron chi connectivity index (χ3n) is 3.37. The van der Waals surface area contributed by atoms with Crippen molar-refractivity contribution < 1.29 is 9.84 Å². The zero-order valence-corrected chi connectivity index (χ0v) is 11.8. The largest absolute Gasteiger partial charge is 0.387 e. The van der Waals surface area contributed by atoms with E-state index in [1.165, 1.54) is 0 Å². The second-order valence-electron chi connectivity index (χ2n) is 5.56. The van der Waals surface area contributed by atoms with Gasteiger partial charge in [0, 0.05) is 7.11 Å². The van der Waals surface area contributed by atoms with Gasteiger partial charge in [-0.15, -0.1) is 11.3 Å². The fourth-order valence-corrected chi connectivity index (χ4v) is 3.72. The molecule has 2 rings (SSSR count). The number of hydrogen-bond acceptors (Lipinski definition) is 4. The van der Waals surface area contributed by atoms with Crippen LogP contribution in [0.4, 0.5) is 0 Å². The normalized spacial score (nSPS) is 24.4. The molecule has 0 aromatic carbocycles. The highest BCUT2D eigenvalue weighted by Crippen LogP contribution is 2.44. The number of nitrogens with zero attached hydrogens (tertiary/aromatic N) is 1. The van der Waals surface area contributed by atoms with Crippen molar-refractivity contribution in [3.8, 4) is 0 Å². The van der Waals surface area contributed by atoms with Gasteiger partial charge in [0.15, 0.2) is 0 Å². The van der Waals surface area contributed by atoms with E-state index in [0.29, 0.717) is 0 Å². The van der Waals surface area contributed by atoms with Gasteiger partial charge in [0.25, 0.3) is 0 Å². The minimum Gasteiger partial charge on any atom is -0.387 e.